The molecular formula is C19H21N3O8S. The lowest BCUT2D eigenvalue weighted by Crippen LogP contribution is -2.37. The standard InChI is InChI=1S/C19H21N3O8S/c1-3-21(31(26,27)14-5-7-16(28-2)15(11-14)22(24)25)12-19(23)20-13-4-6-17-18(10-13)30-9-8-29-17/h4-7,10-11H,3,8-9,12H2,1-2H3,(H,20,23). The number of likely N-dealkylation sites (N-methyl/N-ethyl adjacent to an activating group) is 1. The first kappa shape index (κ1) is 22.3. The van der Waals surface area contributed by atoms with E-state index in [1.165, 1.54) is 19.2 Å². The van der Waals surface area contributed by atoms with Crippen LogP contribution in [0.25, 0.3) is 0 Å². The number of sulfonamides is 1. The Hall–Kier alpha value is -3.38. The summed E-state index contributed by atoms with van der Waals surface area (Å²) in [4.78, 5) is 22.7. The van der Waals surface area contributed by atoms with Crippen molar-refractivity contribution in [3.63, 3.8) is 0 Å². The van der Waals surface area contributed by atoms with Crippen molar-refractivity contribution in [2.24, 2.45) is 0 Å². The first-order chi connectivity index (χ1) is 14.8. The quantitative estimate of drug-likeness (QED) is 0.475. The number of nitrogens with zero attached hydrogens (tertiary/aromatic N) is 2. The Kier molecular flexibility index (Phi) is 6.61. The molecular weight excluding hydrogens is 430 g/mol. The minimum Gasteiger partial charge on any atom is -0.490 e. The maximum Gasteiger partial charge on any atom is 0.312 e. The fourth-order valence-corrected chi connectivity index (χ4v) is 4.40. The summed E-state index contributed by atoms with van der Waals surface area (Å²) in [6.07, 6.45) is 0. The van der Waals surface area contributed by atoms with E-state index in [0.717, 1.165) is 10.4 Å². The topological polar surface area (TPSA) is 137 Å². The Morgan fingerprint density at radius 2 is 1.90 bits per heavy atom. The van der Waals surface area contributed by atoms with Gasteiger partial charge in [0.2, 0.25) is 15.9 Å². The molecule has 0 aromatic heterocycles. The molecule has 0 bridgehead atoms. The normalized spacial score (nSPS) is 13.0. The Morgan fingerprint density at radius 1 is 1.19 bits per heavy atom. The van der Waals surface area contributed by atoms with Gasteiger partial charge in [0.25, 0.3) is 0 Å². The number of nitrogens with one attached hydrogen (secondary N) is 1. The van der Waals surface area contributed by atoms with Gasteiger partial charge >= 0.3 is 5.69 Å². The Morgan fingerprint density at radius 3 is 2.55 bits per heavy atom. The van der Waals surface area contributed by atoms with Crippen LogP contribution in [-0.4, -0.2) is 57.0 Å². The molecule has 166 valence electrons. The highest BCUT2D eigenvalue weighted by Gasteiger charge is 2.28. The van der Waals surface area contributed by atoms with Crippen LogP contribution in [0.3, 0.4) is 0 Å². The lowest BCUT2D eigenvalue weighted by molar-refractivity contribution is -0.386. The largest absolute Gasteiger partial charge is 0.490 e. The van der Waals surface area contributed by atoms with Crippen molar-refractivity contribution >= 4 is 27.3 Å². The van der Waals surface area contributed by atoms with E-state index in [-0.39, 0.29) is 17.2 Å². The van der Waals surface area contributed by atoms with Gasteiger partial charge in [-0.15, -0.1) is 0 Å². The molecule has 1 aliphatic rings. The van der Waals surface area contributed by atoms with Gasteiger partial charge in [-0.25, -0.2) is 8.42 Å². The smallest absolute Gasteiger partial charge is 0.312 e. The molecule has 0 atom stereocenters. The van der Waals surface area contributed by atoms with Crippen LogP contribution in [0, 0.1) is 10.1 Å². The molecule has 1 heterocycles. The Labute approximate surface area is 178 Å². The van der Waals surface area contributed by atoms with E-state index in [1.807, 2.05) is 0 Å². The number of nitro groups is 1. The summed E-state index contributed by atoms with van der Waals surface area (Å²) in [7, 11) is -2.92. The molecule has 0 unspecified atom stereocenters. The van der Waals surface area contributed by atoms with Gasteiger partial charge in [-0.2, -0.15) is 4.31 Å². The number of anilines is 1. The van der Waals surface area contributed by atoms with E-state index in [9.17, 15) is 23.3 Å². The molecule has 0 saturated carbocycles. The highest BCUT2D eigenvalue weighted by molar-refractivity contribution is 7.89. The third-order valence-electron chi connectivity index (χ3n) is 4.48. The molecule has 2 aromatic carbocycles. The van der Waals surface area contributed by atoms with Crippen LogP contribution in [0.4, 0.5) is 11.4 Å². The fourth-order valence-electron chi connectivity index (χ4n) is 2.97. The Bertz CT molecular complexity index is 1100. The van der Waals surface area contributed by atoms with Gasteiger partial charge in [-0.05, 0) is 24.3 Å². The van der Waals surface area contributed by atoms with Crippen LogP contribution in [0.15, 0.2) is 41.3 Å². The first-order valence-corrected chi connectivity index (χ1v) is 10.7. The molecule has 0 fully saturated rings. The van der Waals surface area contributed by atoms with E-state index in [1.54, 1.807) is 25.1 Å². The van der Waals surface area contributed by atoms with Gasteiger partial charge in [0.05, 0.1) is 23.5 Å². The zero-order valence-corrected chi connectivity index (χ0v) is 17.7. The summed E-state index contributed by atoms with van der Waals surface area (Å²) >= 11 is 0. The van der Waals surface area contributed by atoms with Crippen LogP contribution in [-0.2, 0) is 14.8 Å². The van der Waals surface area contributed by atoms with Crippen LogP contribution < -0.4 is 19.5 Å². The number of benzene rings is 2. The van der Waals surface area contributed by atoms with Crippen molar-refractivity contribution in [3.05, 3.63) is 46.5 Å². The molecule has 0 spiro atoms. The van der Waals surface area contributed by atoms with Gasteiger partial charge in [-0.3, -0.25) is 14.9 Å². The molecule has 1 aliphatic heterocycles. The number of nitro benzene ring substituents is 1. The summed E-state index contributed by atoms with van der Waals surface area (Å²) < 4.78 is 42.6. The van der Waals surface area contributed by atoms with Crippen molar-refractivity contribution in [1.29, 1.82) is 0 Å². The average molecular weight is 451 g/mol. The molecule has 1 amide bonds. The monoisotopic (exact) mass is 451 g/mol. The zero-order valence-electron chi connectivity index (χ0n) is 16.9. The molecule has 0 aliphatic carbocycles. The minimum atomic E-state index is -4.17. The molecule has 11 nitrogen and oxygen atoms in total. The van der Waals surface area contributed by atoms with E-state index < -0.39 is 33.1 Å². The van der Waals surface area contributed by atoms with Gasteiger partial charge in [0.15, 0.2) is 17.2 Å². The van der Waals surface area contributed by atoms with E-state index in [4.69, 9.17) is 14.2 Å². The number of amides is 1. The van der Waals surface area contributed by atoms with Crippen LogP contribution in [0.5, 0.6) is 17.2 Å². The number of methoxy groups -OCH3 is 1. The van der Waals surface area contributed by atoms with Gasteiger partial charge < -0.3 is 19.5 Å². The lowest BCUT2D eigenvalue weighted by atomic mass is 10.2. The predicted molar refractivity (Wildman–Crippen MR) is 110 cm³/mol. The van der Waals surface area contributed by atoms with E-state index in [0.29, 0.717) is 30.4 Å². The van der Waals surface area contributed by atoms with Crippen LogP contribution in [0.2, 0.25) is 0 Å². The molecule has 0 radical (unpaired) electrons. The van der Waals surface area contributed by atoms with E-state index >= 15 is 0 Å². The fraction of sp³-hybridized carbons (Fsp3) is 0.316. The first-order valence-electron chi connectivity index (χ1n) is 9.28. The number of hydrogen-bond donors (Lipinski definition) is 1. The summed E-state index contributed by atoms with van der Waals surface area (Å²) in [6.45, 7) is 1.89. The molecule has 3 rings (SSSR count). The molecule has 12 heteroatoms. The third-order valence-corrected chi connectivity index (χ3v) is 6.40. The molecule has 1 N–H and O–H groups in total. The average Bonchev–Trinajstić information content (AvgIpc) is 2.76. The van der Waals surface area contributed by atoms with Crippen molar-refractivity contribution < 1.29 is 32.3 Å². The molecule has 31 heavy (non-hydrogen) atoms. The summed E-state index contributed by atoms with van der Waals surface area (Å²) in [5.74, 6) is 0.395. The van der Waals surface area contributed by atoms with Crippen LogP contribution in [0.1, 0.15) is 6.92 Å². The van der Waals surface area contributed by atoms with Crippen molar-refractivity contribution in [1.82, 2.24) is 4.31 Å². The number of ether oxygens (including phenoxy) is 3. The number of fused-ring (bicyclic) bond motifs is 1. The highest BCUT2D eigenvalue weighted by Crippen LogP contribution is 2.33. The number of hydrogen-bond acceptors (Lipinski definition) is 8. The SMILES string of the molecule is CCN(CC(=O)Nc1ccc2c(c1)OCCO2)S(=O)(=O)c1ccc(OC)c([N+](=O)[O-])c1. The number of carbonyl (C=O) groups excluding carboxylic acids is 1. The van der Waals surface area contributed by atoms with Crippen LogP contribution >= 0.6 is 0 Å². The van der Waals surface area contributed by atoms with Crippen molar-refractivity contribution in [2.75, 3.05) is 38.7 Å². The number of rotatable bonds is 8. The second-order valence-corrected chi connectivity index (χ2v) is 8.37. The lowest BCUT2D eigenvalue weighted by Gasteiger charge is -2.21. The second-order valence-electron chi connectivity index (χ2n) is 6.43. The summed E-state index contributed by atoms with van der Waals surface area (Å²) in [5, 5.41) is 13.8. The summed E-state index contributed by atoms with van der Waals surface area (Å²) in [6, 6.07) is 8.16. The highest BCUT2D eigenvalue weighted by atomic mass is 32.2. The molecule has 2 aromatic rings. The molecule has 0 saturated heterocycles. The maximum atomic E-state index is 13.0. The van der Waals surface area contributed by atoms with Gasteiger partial charge in [-0.1, -0.05) is 6.92 Å². The van der Waals surface area contributed by atoms with E-state index in [2.05, 4.69) is 5.32 Å². The van der Waals surface area contributed by atoms with Gasteiger partial charge in [0.1, 0.15) is 13.2 Å². The van der Waals surface area contributed by atoms with Gasteiger partial charge in [0, 0.05) is 24.4 Å². The number of carbonyl (C=O) groups is 1. The van der Waals surface area contributed by atoms with Crippen molar-refractivity contribution in [3.8, 4) is 17.2 Å². The summed E-state index contributed by atoms with van der Waals surface area (Å²) in [5.41, 5.74) is -0.0665. The zero-order chi connectivity index (χ0) is 22.6. The minimum absolute atomic E-state index is 0.0171. The van der Waals surface area contributed by atoms with Crippen molar-refractivity contribution in [2.45, 2.75) is 11.8 Å². The third kappa shape index (κ3) is 4.86. The maximum absolute atomic E-state index is 13.0. The Balaban J connectivity index is 1.77. The second kappa shape index (κ2) is 9.18. The predicted octanol–water partition coefficient (Wildman–Crippen LogP) is 2.02.